The maximum atomic E-state index is 10.9. The van der Waals surface area contributed by atoms with Gasteiger partial charge in [-0.1, -0.05) is 25.0 Å². The molecular weight excluding hydrogens is 250 g/mol. The van der Waals surface area contributed by atoms with E-state index in [0.717, 1.165) is 38.8 Å². The SMILES string of the molecule is CN1CCN(C)c2c1cccc2C1(N=C=O)CCCC1. The van der Waals surface area contributed by atoms with Gasteiger partial charge in [-0.15, -0.1) is 0 Å². The molecule has 0 radical (unpaired) electrons. The van der Waals surface area contributed by atoms with Crippen molar-refractivity contribution in [3.63, 3.8) is 0 Å². The number of rotatable bonds is 2. The van der Waals surface area contributed by atoms with E-state index in [1.807, 2.05) is 6.08 Å². The number of hydrogen-bond acceptors (Lipinski definition) is 4. The third-order valence-electron chi connectivity index (χ3n) is 4.77. The van der Waals surface area contributed by atoms with Crippen molar-refractivity contribution in [1.29, 1.82) is 0 Å². The molecule has 1 heterocycles. The lowest BCUT2D eigenvalue weighted by molar-refractivity contribution is 0.455. The van der Waals surface area contributed by atoms with Crippen molar-refractivity contribution >= 4 is 17.5 Å². The zero-order valence-corrected chi connectivity index (χ0v) is 12.2. The quantitative estimate of drug-likeness (QED) is 0.613. The Hall–Kier alpha value is -1.80. The average molecular weight is 271 g/mol. The van der Waals surface area contributed by atoms with Gasteiger partial charge in [0.1, 0.15) is 5.54 Å². The Morgan fingerprint density at radius 3 is 2.55 bits per heavy atom. The Kier molecular flexibility index (Phi) is 3.27. The molecule has 0 spiro atoms. The molecule has 0 unspecified atom stereocenters. The number of likely N-dealkylation sites (N-methyl/N-ethyl adjacent to an activating group) is 2. The summed E-state index contributed by atoms with van der Waals surface area (Å²) in [7, 11) is 4.25. The van der Waals surface area contributed by atoms with Crippen molar-refractivity contribution in [2.24, 2.45) is 4.99 Å². The maximum Gasteiger partial charge on any atom is 0.235 e. The van der Waals surface area contributed by atoms with E-state index in [0.29, 0.717) is 0 Å². The van der Waals surface area contributed by atoms with Crippen LogP contribution in [0.25, 0.3) is 0 Å². The molecule has 1 saturated carbocycles. The fourth-order valence-corrected chi connectivity index (χ4v) is 3.64. The van der Waals surface area contributed by atoms with Gasteiger partial charge in [0.15, 0.2) is 0 Å². The summed E-state index contributed by atoms with van der Waals surface area (Å²) in [6.07, 6.45) is 6.00. The number of benzene rings is 1. The van der Waals surface area contributed by atoms with Crippen LogP contribution in [-0.2, 0) is 10.3 Å². The van der Waals surface area contributed by atoms with Crippen LogP contribution in [0.1, 0.15) is 31.2 Å². The molecule has 0 atom stereocenters. The largest absolute Gasteiger partial charge is 0.371 e. The van der Waals surface area contributed by atoms with E-state index in [1.54, 1.807) is 0 Å². The van der Waals surface area contributed by atoms with Gasteiger partial charge in [-0.25, -0.2) is 4.79 Å². The Morgan fingerprint density at radius 2 is 1.85 bits per heavy atom. The van der Waals surface area contributed by atoms with Gasteiger partial charge in [0.25, 0.3) is 0 Å². The monoisotopic (exact) mass is 271 g/mol. The van der Waals surface area contributed by atoms with E-state index in [1.165, 1.54) is 16.9 Å². The molecule has 0 N–H and O–H groups in total. The highest BCUT2D eigenvalue weighted by atomic mass is 16.1. The summed E-state index contributed by atoms with van der Waals surface area (Å²) in [4.78, 5) is 19.8. The van der Waals surface area contributed by atoms with E-state index < -0.39 is 0 Å². The van der Waals surface area contributed by atoms with Gasteiger partial charge < -0.3 is 9.80 Å². The first-order chi connectivity index (χ1) is 9.68. The van der Waals surface area contributed by atoms with Crippen molar-refractivity contribution in [3.05, 3.63) is 23.8 Å². The summed E-state index contributed by atoms with van der Waals surface area (Å²) in [5.41, 5.74) is 3.33. The molecule has 0 bridgehead atoms. The zero-order valence-electron chi connectivity index (χ0n) is 12.2. The molecule has 4 nitrogen and oxygen atoms in total. The summed E-state index contributed by atoms with van der Waals surface area (Å²) < 4.78 is 0. The number of aliphatic imine (C=N–C) groups is 1. The second-order valence-electron chi connectivity index (χ2n) is 5.96. The van der Waals surface area contributed by atoms with Gasteiger partial charge in [-0.3, -0.25) is 0 Å². The standard InChI is InChI=1S/C16H21N3O/c1-18-10-11-19(2)15-13(6-5-7-14(15)18)16(17-12-20)8-3-4-9-16/h5-7H,3-4,8-11H2,1-2H3. The molecule has 0 saturated heterocycles. The minimum Gasteiger partial charge on any atom is -0.371 e. The summed E-state index contributed by atoms with van der Waals surface area (Å²) in [6.45, 7) is 2.03. The van der Waals surface area contributed by atoms with E-state index >= 15 is 0 Å². The predicted octanol–water partition coefficient (Wildman–Crippen LogP) is 2.68. The van der Waals surface area contributed by atoms with Crippen molar-refractivity contribution in [1.82, 2.24) is 0 Å². The minimum atomic E-state index is -0.348. The van der Waals surface area contributed by atoms with Crippen LogP contribution in [0.4, 0.5) is 11.4 Å². The van der Waals surface area contributed by atoms with E-state index in [9.17, 15) is 4.79 Å². The normalized spacial score (nSPS) is 20.5. The smallest absolute Gasteiger partial charge is 0.235 e. The van der Waals surface area contributed by atoms with Crippen molar-refractivity contribution < 1.29 is 4.79 Å². The molecule has 1 aromatic carbocycles. The number of hydrogen-bond donors (Lipinski definition) is 0. The second-order valence-corrected chi connectivity index (χ2v) is 5.96. The Balaban J connectivity index is 2.19. The first-order valence-electron chi connectivity index (χ1n) is 7.33. The molecule has 20 heavy (non-hydrogen) atoms. The van der Waals surface area contributed by atoms with Crippen molar-refractivity contribution in [2.45, 2.75) is 31.2 Å². The molecule has 106 valence electrons. The summed E-state index contributed by atoms with van der Waals surface area (Å²) in [6, 6.07) is 6.38. The van der Waals surface area contributed by atoms with Crippen LogP contribution in [-0.4, -0.2) is 33.3 Å². The van der Waals surface area contributed by atoms with Crippen LogP contribution in [0.15, 0.2) is 23.2 Å². The number of anilines is 2. The van der Waals surface area contributed by atoms with E-state index in [4.69, 9.17) is 0 Å². The molecular formula is C16H21N3O. The van der Waals surface area contributed by atoms with Gasteiger partial charge in [-0.2, -0.15) is 4.99 Å². The fourth-order valence-electron chi connectivity index (χ4n) is 3.64. The van der Waals surface area contributed by atoms with Crippen molar-refractivity contribution in [2.75, 3.05) is 37.0 Å². The Bertz CT molecular complexity index is 557. The van der Waals surface area contributed by atoms with Gasteiger partial charge in [0.2, 0.25) is 6.08 Å². The molecule has 0 amide bonds. The summed E-state index contributed by atoms with van der Waals surface area (Å²) in [5, 5.41) is 0. The number of isocyanates is 1. The van der Waals surface area contributed by atoms with Crippen LogP contribution in [0.3, 0.4) is 0 Å². The molecule has 2 aliphatic rings. The number of carbonyl (C=O) groups excluding carboxylic acids is 1. The van der Waals surface area contributed by atoms with E-state index in [-0.39, 0.29) is 5.54 Å². The fraction of sp³-hybridized carbons (Fsp3) is 0.562. The maximum absolute atomic E-state index is 10.9. The summed E-state index contributed by atoms with van der Waals surface area (Å²) >= 11 is 0. The van der Waals surface area contributed by atoms with Gasteiger partial charge in [0.05, 0.1) is 11.4 Å². The van der Waals surface area contributed by atoms with Crippen LogP contribution in [0, 0.1) is 0 Å². The topological polar surface area (TPSA) is 35.9 Å². The first-order valence-corrected chi connectivity index (χ1v) is 7.33. The van der Waals surface area contributed by atoms with Crippen molar-refractivity contribution in [3.8, 4) is 0 Å². The third kappa shape index (κ3) is 1.92. The number of para-hydroxylation sites is 1. The second kappa shape index (κ2) is 4.95. The van der Waals surface area contributed by atoms with Gasteiger partial charge in [-0.05, 0) is 18.9 Å². The summed E-state index contributed by atoms with van der Waals surface area (Å²) in [5.74, 6) is 0. The molecule has 0 aromatic heterocycles. The molecule has 1 aromatic rings. The highest BCUT2D eigenvalue weighted by molar-refractivity contribution is 5.77. The van der Waals surface area contributed by atoms with Crippen LogP contribution >= 0.6 is 0 Å². The predicted molar refractivity (Wildman–Crippen MR) is 81.2 cm³/mol. The molecule has 3 rings (SSSR count). The number of nitrogens with zero attached hydrogens (tertiary/aromatic N) is 3. The molecule has 1 aliphatic carbocycles. The lowest BCUT2D eigenvalue weighted by Crippen LogP contribution is -2.38. The average Bonchev–Trinajstić information content (AvgIpc) is 2.93. The Morgan fingerprint density at radius 1 is 1.15 bits per heavy atom. The first kappa shape index (κ1) is 13.2. The van der Waals surface area contributed by atoms with Crippen LogP contribution < -0.4 is 9.80 Å². The van der Waals surface area contributed by atoms with E-state index in [2.05, 4.69) is 47.1 Å². The highest BCUT2D eigenvalue weighted by Gasteiger charge is 2.39. The molecule has 1 fully saturated rings. The lowest BCUT2D eigenvalue weighted by atomic mass is 9.86. The van der Waals surface area contributed by atoms with Crippen LogP contribution in [0.2, 0.25) is 0 Å². The highest BCUT2D eigenvalue weighted by Crippen LogP contribution is 2.48. The molecule has 1 aliphatic heterocycles. The van der Waals surface area contributed by atoms with Crippen LogP contribution in [0.5, 0.6) is 0 Å². The third-order valence-corrected chi connectivity index (χ3v) is 4.77. The zero-order chi connectivity index (χ0) is 14.2. The van der Waals surface area contributed by atoms with Gasteiger partial charge in [0, 0.05) is 32.7 Å². The minimum absolute atomic E-state index is 0.348. The number of fused-ring (bicyclic) bond motifs is 1. The lowest BCUT2D eigenvalue weighted by Gasteiger charge is -2.39. The molecule has 4 heteroatoms. The Labute approximate surface area is 120 Å². The van der Waals surface area contributed by atoms with Gasteiger partial charge >= 0.3 is 0 Å².